The zero-order valence-corrected chi connectivity index (χ0v) is 13.1. The highest BCUT2D eigenvalue weighted by molar-refractivity contribution is 7.91. The van der Waals surface area contributed by atoms with Gasteiger partial charge in [-0.2, -0.15) is 0 Å². The number of benzene rings is 1. The van der Waals surface area contributed by atoms with Crippen molar-refractivity contribution in [3.05, 3.63) is 29.3 Å². The van der Waals surface area contributed by atoms with Crippen LogP contribution in [-0.2, 0) is 9.84 Å². The van der Waals surface area contributed by atoms with E-state index < -0.39 is 39.2 Å². The van der Waals surface area contributed by atoms with Crippen molar-refractivity contribution in [2.45, 2.75) is 19.4 Å². The number of sulfone groups is 1. The first kappa shape index (κ1) is 16.7. The summed E-state index contributed by atoms with van der Waals surface area (Å²) in [6.07, 6.45) is 0.321. The minimum absolute atomic E-state index is 0.0106. The zero-order chi connectivity index (χ0) is 16.5. The SMILES string of the molecule is CCN(C(=O)c1ccc(F)c(OC)c1F)[C@@H]1CCS(=O)(=O)C1. The van der Waals surface area contributed by atoms with Crippen LogP contribution < -0.4 is 4.74 Å². The summed E-state index contributed by atoms with van der Waals surface area (Å²) in [6.45, 7) is 1.92. The molecule has 1 fully saturated rings. The molecule has 0 spiro atoms. The van der Waals surface area contributed by atoms with Crippen LogP contribution in [0.5, 0.6) is 5.75 Å². The monoisotopic (exact) mass is 333 g/mol. The highest BCUT2D eigenvalue weighted by Gasteiger charge is 2.35. The fourth-order valence-corrected chi connectivity index (χ4v) is 4.36. The number of amides is 1. The number of hydrogen-bond acceptors (Lipinski definition) is 4. The van der Waals surface area contributed by atoms with E-state index in [1.54, 1.807) is 6.92 Å². The number of carbonyl (C=O) groups is 1. The summed E-state index contributed by atoms with van der Waals surface area (Å²) in [4.78, 5) is 13.8. The topological polar surface area (TPSA) is 63.7 Å². The lowest BCUT2D eigenvalue weighted by Crippen LogP contribution is -2.41. The van der Waals surface area contributed by atoms with Crippen molar-refractivity contribution in [2.75, 3.05) is 25.2 Å². The number of nitrogens with zero attached hydrogens (tertiary/aromatic N) is 1. The first-order valence-electron chi connectivity index (χ1n) is 6.84. The van der Waals surface area contributed by atoms with Crippen LogP contribution in [0.15, 0.2) is 12.1 Å². The molecule has 0 N–H and O–H groups in total. The van der Waals surface area contributed by atoms with Crippen molar-refractivity contribution >= 4 is 15.7 Å². The number of halogens is 2. The van der Waals surface area contributed by atoms with E-state index in [1.165, 1.54) is 4.90 Å². The van der Waals surface area contributed by atoms with E-state index in [2.05, 4.69) is 4.74 Å². The summed E-state index contributed by atoms with van der Waals surface area (Å²) in [5.74, 6) is -3.39. The Morgan fingerprint density at radius 2 is 2.09 bits per heavy atom. The average Bonchev–Trinajstić information content (AvgIpc) is 2.80. The lowest BCUT2D eigenvalue weighted by atomic mass is 10.1. The molecular formula is C14H17F2NO4S. The molecule has 1 heterocycles. The Balaban J connectivity index is 2.34. The van der Waals surface area contributed by atoms with Crippen molar-refractivity contribution in [2.24, 2.45) is 0 Å². The van der Waals surface area contributed by atoms with Gasteiger partial charge in [0.1, 0.15) is 0 Å². The van der Waals surface area contributed by atoms with Gasteiger partial charge in [0.2, 0.25) is 0 Å². The third-order valence-corrected chi connectivity index (χ3v) is 5.48. The highest BCUT2D eigenvalue weighted by Crippen LogP contribution is 2.27. The third kappa shape index (κ3) is 3.06. The Kier molecular flexibility index (Phi) is 4.69. The lowest BCUT2D eigenvalue weighted by Gasteiger charge is -2.27. The standard InChI is InChI=1S/C14H17F2NO4S/c1-3-17(9-6-7-22(19,20)8-9)14(18)10-4-5-11(15)13(21-2)12(10)16/h4-5,9H,3,6-8H2,1-2H3/t9-/m1/s1. The molecule has 1 aromatic rings. The molecule has 8 heteroatoms. The molecule has 1 saturated heterocycles. The molecule has 0 bridgehead atoms. The van der Waals surface area contributed by atoms with E-state index in [0.29, 0.717) is 6.42 Å². The Hall–Kier alpha value is -1.70. The first-order chi connectivity index (χ1) is 10.3. The fraction of sp³-hybridized carbons (Fsp3) is 0.500. The van der Waals surface area contributed by atoms with Gasteiger partial charge in [-0.3, -0.25) is 4.79 Å². The van der Waals surface area contributed by atoms with Gasteiger partial charge in [0, 0.05) is 12.6 Å². The van der Waals surface area contributed by atoms with Crippen LogP contribution in [0.1, 0.15) is 23.7 Å². The Morgan fingerprint density at radius 3 is 2.59 bits per heavy atom. The quantitative estimate of drug-likeness (QED) is 0.840. The Labute approximate surface area is 127 Å². The van der Waals surface area contributed by atoms with Crippen molar-refractivity contribution in [1.29, 1.82) is 0 Å². The fourth-order valence-electron chi connectivity index (χ4n) is 2.63. The van der Waals surface area contributed by atoms with Gasteiger partial charge >= 0.3 is 0 Å². The van der Waals surface area contributed by atoms with Crippen molar-refractivity contribution in [3.63, 3.8) is 0 Å². The maximum atomic E-state index is 14.2. The molecule has 1 atom stereocenters. The van der Waals surface area contributed by atoms with Crippen LogP contribution in [0.2, 0.25) is 0 Å². The number of rotatable bonds is 4. The molecule has 1 aliphatic heterocycles. The van der Waals surface area contributed by atoms with E-state index in [0.717, 1.165) is 19.2 Å². The summed E-state index contributed by atoms with van der Waals surface area (Å²) in [7, 11) is -2.06. The van der Waals surface area contributed by atoms with Gasteiger partial charge in [-0.15, -0.1) is 0 Å². The number of ether oxygens (including phenoxy) is 1. The van der Waals surface area contributed by atoms with E-state index in [4.69, 9.17) is 0 Å². The first-order valence-corrected chi connectivity index (χ1v) is 8.66. The van der Waals surface area contributed by atoms with Crippen LogP contribution in [0, 0.1) is 11.6 Å². The summed E-state index contributed by atoms with van der Waals surface area (Å²) in [5.41, 5.74) is -0.329. The van der Waals surface area contributed by atoms with E-state index in [1.807, 2.05) is 0 Å². The van der Waals surface area contributed by atoms with Crippen molar-refractivity contribution < 1.29 is 26.7 Å². The smallest absolute Gasteiger partial charge is 0.257 e. The van der Waals surface area contributed by atoms with Crippen LogP contribution in [0.4, 0.5) is 8.78 Å². The highest BCUT2D eigenvalue weighted by atomic mass is 32.2. The normalized spacial score (nSPS) is 19.9. The molecule has 0 unspecified atom stereocenters. The Morgan fingerprint density at radius 1 is 1.41 bits per heavy atom. The minimum Gasteiger partial charge on any atom is -0.491 e. The second-order valence-corrected chi connectivity index (χ2v) is 7.32. The number of hydrogen-bond donors (Lipinski definition) is 0. The van der Waals surface area contributed by atoms with E-state index >= 15 is 0 Å². The molecule has 5 nitrogen and oxygen atoms in total. The largest absolute Gasteiger partial charge is 0.491 e. The van der Waals surface area contributed by atoms with E-state index in [-0.39, 0.29) is 23.6 Å². The molecular weight excluding hydrogens is 316 g/mol. The zero-order valence-electron chi connectivity index (χ0n) is 12.3. The van der Waals surface area contributed by atoms with Crippen LogP contribution >= 0.6 is 0 Å². The summed E-state index contributed by atoms with van der Waals surface area (Å²) in [6, 6.07) is 1.51. The second-order valence-electron chi connectivity index (χ2n) is 5.09. The predicted molar refractivity (Wildman–Crippen MR) is 76.7 cm³/mol. The lowest BCUT2D eigenvalue weighted by molar-refractivity contribution is 0.0702. The van der Waals surface area contributed by atoms with Crippen molar-refractivity contribution in [3.8, 4) is 5.75 Å². The van der Waals surface area contributed by atoms with E-state index in [9.17, 15) is 22.0 Å². The van der Waals surface area contributed by atoms with Gasteiger partial charge in [-0.05, 0) is 25.5 Å². The third-order valence-electron chi connectivity index (χ3n) is 3.73. The number of carbonyl (C=O) groups excluding carboxylic acids is 1. The van der Waals surface area contributed by atoms with Gasteiger partial charge < -0.3 is 9.64 Å². The molecule has 0 radical (unpaired) electrons. The van der Waals surface area contributed by atoms with Crippen molar-refractivity contribution in [1.82, 2.24) is 4.90 Å². The van der Waals surface area contributed by atoms with Gasteiger partial charge in [-0.1, -0.05) is 0 Å². The summed E-state index contributed by atoms with van der Waals surface area (Å²) < 4.78 is 55.3. The molecule has 122 valence electrons. The van der Waals surface area contributed by atoms with Crippen LogP contribution in [0.25, 0.3) is 0 Å². The molecule has 0 aromatic heterocycles. The summed E-state index contributed by atoms with van der Waals surface area (Å²) in [5, 5.41) is 0. The maximum absolute atomic E-state index is 14.2. The number of methoxy groups -OCH3 is 1. The van der Waals surface area contributed by atoms with Gasteiger partial charge in [0.05, 0.1) is 24.2 Å². The molecule has 0 saturated carbocycles. The van der Waals surface area contributed by atoms with Gasteiger partial charge in [0.15, 0.2) is 27.2 Å². The van der Waals surface area contributed by atoms with Gasteiger partial charge in [0.25, 0.3) is 5.91 Å². The average molecular weight is 333 g/mol. The predicted octanol–water partition coefficient (Wildman–Crippen LogP) is 1.62. The molecule has 22 heavy (non-hydrogen) atoms. The molecule has 1 aromatic carbocycles. The Bertz CT molecular complexity index is 690. The molecule has 1 amide bonds. The van der Waals surface area contributed by atoms with Crippen LogP contribution in [0.3, 0.4) is 0 Å². The minimum atomic E-state index is -3.17. The molecule has 2 rings (SSSR count). The second kappa shape index (κ2) is 6.20. The van der Waals surface area contributed by atoms with Gasteiger partial charge in [-0.25, -0.2) is 17.2 Å². The molecule has 0 aliphatic carbocycles. The molecule has 1 aliphatic rings. The summed E-state index contributed by atoms with van der Waals surface area (Å²) >= 11 is 0. The van der Waals surface area contributed by atoms with Crippen LogP contribution in [-0.4, -0.2) is 50.4 Å². The maximum Gasteiger partial charge on any atom is 0.257 e.